The second kappa shape index (κ2) is 6.56. The average molecular weight is 398 g/mol. The standard InChI is InChI=1S/C22H14N4O4/c27-22(28)14-7-9-15(10-8-14)25-20(13-5-11-16(12-6-13)26(29)30)24-19-17-3-1-2-4-18(17)23-21(19)25/h1-12,23H,(H,27,28). The molecular weight excluding hydrogens is 384 g/mol. The van der Waals surface area contributed by atoms with Gasteiger partial charge in [-0.05, 0) is 42.5 Å². The molecule has 146 valence electrons. The van der Waals surface area contributed by atoms with E-state index in [4.69, 9.17) is 4.98 Å². The van der Waals surface area contributed by atoms with Gasteiger partial charge in [-0.3, -0.25) is 14.7 Å². The maximum Gasteiger partial charge on any atom is 0.335 e. The summed E-state index contributed by atoms with van der Waals surface area (Å²) in [5.41, 5.74) is 4.07. The summed E-state index contributed by atoms with van der Waals surface area (Å²) in [5.74, 6) is -0.404. The van der Waals surface area contributed by atoms with Crippen LogP contribution in [0.15, 0.2) is 72.8 Å². The molecule has 0 aliphatic rings. The number of rotatable bonds is 4. The molecule has 2 aromatic heterocycles. The number of fused-ring (bicyclic) bond motifs is 3. The van der Waals surface area contributed by atoms with Crippen molar-refractivity contribution in [3.63, 3.8) is 0 Å². The van der Waals surface area contributed by atoms with Crippen molar-refractivity contribution < 1.29 is 14.8 Å². The third-order valence-electron chi connectivity index (χ3n) is 5.02. The van der Waals surface area contributed by atoms with Crippen molar-refractivity contribution >= 4 is 33.7 Å². The zero-order chi connectivity index (χ0) is 20.8. The van der Waals surface area contributed by atoms with Gasteiger partial charge in [0.1, 0.15) is 17.0 Å². The number of nitro groups is 1. The number of aromatic amines is 1. The summed E-state index contributed by atoms with van der Waals surface area (Å²) in [6.07, 6.45) is 0. The number of H-pyrrole nitrogens is 1. The summed E-state index contributed by atoms with van der Waals surface area (Å²) in [5, 5.41) is 21.2. The fourth-order valence-electron chi connectivity index (χ4n) is 3.58. The van der Waals surface area contributed by atoms with Gasteiger partial charge in [-0.25, -0.2) is 9.78 Å². The maximum atomic E-state index is 11.2. The Hall–Kier alpha value is -4.46. The van der Waals surface area contributed by atoms with E-state index in [-0.39, 0.29) is 11.3 Å². The second-order valence-electron chi connectivity index (χ2n) is 6.79. The van der Waals surface area contributed by atoms with Crippen molar-refractivity contribution in [1.29, 1.82) is 0 Å². The summed E-state index contributed by atoms with van der Waals surface area (Å²) in [7, 11) is 0. The van der Waals surface area contributed by atoms with Gasteiger partial charge >= 0.3 is 5.97 Å². The Morgan fingerprint density at radius 1 is 1.00 bits per heavy atom. The van der Waals surface area contributed by atoms with Crippen LogP contribution in [0.3, 0.4) is 0 Å². The predicted molar refractivity (Wildman–Crippen MR) is 112 cm³/mol. The molecule has 0 saturated carbocycles. The van der Waals surface area contributed by atoms with Crippen LogP contribution < -0.4 is 0 Å². The van der Waals surface area contributed by atoms with E-state index in [2.05, 4.69) is 4.98 Å². The van der Waals surface area contributed by atoms with Crippen LogP contribution in [0.25, 0.3) is 39.1 Å². The van der Waals surface area contributed by atoms with E-state index >= 15 is 0 Å². The molecule has 0 fully saturated rings. The van der Waals surface area contributed by atoms with E-state index < -0.39 is 10.9 Å². The van der Waals surface area contributed by atoms with E-state index in [9.17, 15) is 20.0 Å². The highest BCUT2D eigenvalue weighted by atomic mass is 16.6. The SMILES string of the molecule is O=C(O)c1ccc(-n2c(-c3ccc([N+](=O)[O-])cc3)nc3c4ccccc4[nH]c32)cc1. The average Bonchev–Trinajstić information content (AvgIpc) is 3.30. The fourth-order valence-corrected chi connectivity index (χ4v) is 3.58. The lowest BCUT2D eigenvalue weighted by Crippen LogP contribution is -2.01. The number of hydrogen-bond acceptors (Lipinski definition) is 4. The van der Waals surface area contributed by atoms with Gasteiger partial charge in [-0.1, -0.05) is 18.2 Å². The van der Waals surface area contributed by atoms with Crippen molar-refractivity contribution in [2.75, 3.05) is 0 Å². The molecule has 0 amide bonds. The van der Waals surface area contributed by atoms with Gasteiger partial charge in [-0.15, -0.1) is 0 Å². The summed E-state index contributed by atoms with van der Waals surface area (Å²) < 4.78 is 1.89. The van der Waals surface area contributed by atoms with Gasteiger partial charge in [0, 0.05) is 34.3 Å². The number of carboxylic acids is 1. The number of imidazole rings is 1. The molecule has 8 heteroatoms. The molecular formula is C22H14N4O4. The Morgan fingerprint density at radius 2 is 1.70 bits per heavy atom. The van der Waals surface area contributed by atoms with Gasteiger partial charge in [0.15, 0.2) is 0 Å². The van der Waals surface area contributed by atoms with E-state index in [1.54, 1.807) is 24.3 Å². The first-order chi connectivity index (χ1) is 14.5. The van der Waals surface area contributed by atoms with Crippen molar-refractivity contribution in [2.45, 2.75) is 0 Å². The molecule has 0 atom stereocenters. The second-order valence-corrected chi connectivity index (χ2v) is 6.79. The number of para-hydroxylation sites is 1. The molecule has 30 heavy (non-hydrogen) atoms. The number of benzene rings is 3. The van der Waals surface area contributed by atoms with Crippen LogP contribution in [0.5, 0.6) is 0 Å². The molecule has 5 aromatic rings. The lowest BCUT2D eigenvalue weighted by molar-refractivity contribution is -0.384. The van der Waals surface area contributed by atoms with Crippen LogP contribution >= 0.6 is 0 Å². The topological polar surface area (TPSA) is 114 Å². The van der Waals surface area contributed by atoms with Gasteiger partial charge in [0.25, 0.3) is 5.69 Å². The largest absolute Gasteiger partial charge is 0.478 e. The van der Waals surface area contributed by atoms with Gasteiger partial charge in [-0.2, -0.15) is 0 Å². The molecule has 2 N–H and O–H groups in total. The number of carbonyl (C=O) groups is 1. The summed E-state index contributed by atoms with van der Waals surface area (Å²) in [6, 6.07) is 20.5. The number of aromatic carboxylic acids is 1. The Morgan fingerprint density at radius 3 is 2.37 bits per heavy atom. The minimum absolute atomic E-state index is 0.00122. The highest BCUT2D eigenvalue weighted by Gasteiger charge is 2.19. The zero-order valence-corrected chi connectivity index (χ0v) is 15.4. The monoisotopic (exact) mass is 398 g/mol. The number of nitrogens with zero attached hydrogens (tertiary/aromatic N) is 3. The van der Waals surface area contributed by atoms with Crippen LogP contribution in [0.2, 0.25) is 0 Å². The van der Waals surface area contributed by atoms with E-state index in [0.717, 1.165) is 27.8 Å². The highest BCUT2D eigenvalue weighted by molar-refractivity contribution is 6.05. The molecule has 0 bridgehead atoms. The van der Waals surface area contributed by atoms with Gasteiger partial charge in [0.05, 0.1) is 10.5 Å². The Kier molecular flexibility index (Phi) is 3.85. The molecule has 2 heterocycles. The van der Waals surface area contributed by atoms with Crippen molar-refractivity contribution in [3.05, 3.63) is 88.5 Å². The van der Waals surface area contributed by atoms with Crippen LogP contribution in [0, 0.1) is 10.1 Å². The molecule has 0 radical (unpaired) electrons. The molecule has 0 unspecified atom stereocenters. The summed E-state index contributed by atoms with van der Waals surface area (Å²) >= 11 is 0. The fraction of sp³-hybridized carbons (Fsp3) is 0. The Balaban J connectivity index is 1.77. The summed E-state index contributed by atoms with van der Waals surface area (Å²) in [4.78, 5) is 30.0. The lowest BCUT2D eigenvalue weighted by atomic mass is 10.1. The first-order valence-electron chi connectivity index (χ1n) is 9.10. The predicted octanol–water partition coefficient (Wildman–Crippen LogP) is 4.78. The van der Waals surface area contributed by atoms with Gasteiger partial charge < -0.3 is 10.1 Å². The first-order valence-corrected chi connectivity index (χ1v) is 9.10. The number of nitro benzene ring substituents is 1. The van der Waals surface area contributed by atoms with Crippen LogP contribution in [-0.4, -0.2) is 30.5 Å². The zero-order valence-electron chi connectivity index (χ0n) is 15.4. The molecule has 0 aliphatic carbocycles. The molecule has 3 aromatic carbocycles. The van der Waals surface area contributed by atoms with E-state index in [1.807, 2.05) is 28.8 Å². The minimum Gasteiger partial charge on any atom is -0.478 e. The van der Waals surface area contributed by atoms with E-state index in [1.165, 1.54) is 24.3 Å². The van der Waals surface area contributed by atoms with Crippen LogP contribution in [0.1, 0.15) is 10.4 Å². The van der Waals surface area contributed by atoms with E-state index in [0.29, 0.717) is 11.4 Å². The number of aromatic nitrogens is 3. The quantitative estimate of drug-likeness (QED) is 0.334. The highest BCUT2D eigenvalue weighted by Crippen LogP contribution is 2.33. The molecule has 0 spiro atoms. The number of nitrogens with one attached hydrogen (secondary N) is 1. The smallest absolute Gasteiger partial charge is 0.335 e. The number of hydrogen-bond donors (Lipinski definition) is 2. The third kappa shape index (κ3) is 2.70. The first kappa shape index (κ1) is 17.6. The van der Waals surface area contributed by atoms with Crippen molar-refractivity contribution in [2.24, 2.45) is 0 Å². The number of carboxylic acid groups (broad SMARTS) is 1. The Labute approximate surface area is 169 Å². The van der Waals surface area contributed by atoms with Crippen LogP contribution in [-0.2, 0) is 0 Å². The lowest BCUT2D eigenvalue weighted by Gasteiger charge is -2.09. The maximum absolute atomic E-state index is 11.2. The molecule has 0 saturated heterocycles. The third-order valence-corrected chi connectivity index (χ3v) is 5.02. The Bertz CT molecular complexity index is 1430. The molecule has 8 nitrogen and oxygen atoms in total. The van der Waals surface area contributed by atoms with Crippen LogP contribution in [0.4, 0.5) is 5.69 Å². The van der Waals surface area contributed by atoms with Crippen molar-refractivity contribution in [3.8, 4) is 17.1 Å². The summed E-state index contributed by atoms with van der Waals surface area (Å²) in [6.45, 7) is 0. The molecule has 0 aliphatic heterocycles. The normalized spacial score (nSPS) is 11.2. The molecule has 5 rings (SSSR count). The minimum atomic E-state index is -1.00. The number of non-ortho nitro benzene ring substituents is 1. The van der Waals surface area contributed by atoms with Gasteiger partial charge in [0.2, 0.25) is 0 Å². The van der Waals surface area contributed by atoms with Crippen molar-refractivity contribution in [1.82, 2.24) is 14.5 Å².